The molecule has 0 aliphatic carbocycles. The molecule has 0 amide bonds. The largest absolute Gasteiger partial charge is 0.398 e. The van der Waals surface area contributed by atoms with Gasteiger partial charge in [-0.25, -0.2) is 0 Å². The number of hydrogen-bond donors (Lipinski definition) is 1. The van der Waals surface area contributed by atoms with Crippen LogP contribution in [0.4, 0.5) is 5.69 Å². The van der Waals surface area contributed by atoms with Crippen molar-refractivity contribution in [3.8, 4) is 0 Å². The highest BCUT2D eigenvalue weighted by atomic mass is 14.6. The minimum Gasteiger partial charge on any atom is -0.398 e. The molecule has 0 spiro atoms. The van der Waals surface area contributed by atoms with Crippen LogP contribution in [0.25, 0.3) is 0 Å². The first kappa shape index (κ1) is 7.13. The Morgan fingerprint density at radius 2 is 1.90 bits per heavy atom. The van der Waals surface area contributed by atoms with E-state index in [2.05, 4.69) is 6.07 Å². The second-order valence-electron chi connectivity index (χ2n) is 2.64. The Hall–Kier alpha value is -0.980. The van der Waals surface area contributed by atoms with Crippen molar-refractivity contribution >= 4 is 5.69 Å². The lowest BCUT2D eigenvalue weighted by molar-refractivity contribution is 1.30. The summed E-state index contributed by atoms with van der Waals surface area (Å²) in [5.74, 6) is 0. The monoisotopic (exact) mass is 134 g/mol. The average Bonchev–Trinajstić information content (AvgIpc) is 1.93. The summed E-state index contributed by atoms with van der Waals surface area (Å²) in [6.45, 7) is 6.04. The maximum absolute atomic E-state index is 5.76. The van der Waals surface area contributed by atoms with Crippen LogP contribution in [-0.2, 0) is 0 Å². The molecule has 1 rings (SSSR count). The Balaban J connectivity index is 3.34. The summed E-state index contributed by atoms with van der Waals surface area (Å²) in [7, 11) is 0. The average molecular weight is 134 g/mol. The summed E-state index contributed by atoms with van der Waals surface area (Å²) in [6.07, 6.45) is 0. The topological polar surface area (TPSA) is 26.0 Å². The molecule has 53 valence electrons. The molecule has 1 radical (unpaired) electrons. The first-order valence-corrected chi connectivity index (χ1v) is 3.37. The molecule has 0 unspecified atom stereocenters. The second kappa shape index (κ2) is 2.33. The number of rotatable bonds is 0. The van der Waals surface area contributed by atoms with Crippen molar-refractivity contribution in [2.75, 3.05) is 5.73 Å². The lowest BCUT2D eigenvalue weighted by atomic mass is 10.0. The molecule has 1 heteroatoms. The Bertz CT molecular complexity index is 224. The van der Waals surface area contributed by atoms with Crippen molar-refractivity contribution in [2.45, 2.75) is 20.8 Å². The molecule has 1 aromatic carbocycles. The normalized spacial score (nSPS) is 9.90. The van der Waals surface area contributed by atoms with Crippen LogP contribution in [0.2, 0.25) is 0 Å². The maximum atomic E-state index is 5.76. The minimum atomic E-state index is 0.899. The molecule has 2 N–H and O–H groups in total. The van der Waals surface area contributed by atoms with E-state index in [-0.39, 0.29) is 0 Å². The molecular weight excluding hydrogens is 122 g/mol. The third-order valence-electron chi connectivity index (χ3n) is 1.90. The summed E-state index contributed by atoms with van der Waals surface area (Å²) in [5, 5.41) is 0. The van der Waals surface area contributed by atoms with Crippen LogP contribution >= 0.6 is 0 Å². The zero-order valence-corrected chi connectivity index (χ0v) is 6.65. The molecule has 0 aliphatic rings. The molecule has 0 saturated heterocycles. The smallest absolute Gasteiger partial charge is 0.0376 e. The fourth-order valence-electron chi connectivity index (χ4n) is 0.900. The van der Waals surface area contributed by atoms with Gasteiger partial charge in [0.25, 0.3) is 0 Å². The van der Waals surface area contributed by atoms with Gasteiger partial charge in [0, 0.05) is 5.69 Å². The van der Waals surface area contributed by atoms with E-state index in [0.717, 1.165) is 22.4 Å². The van der Waals surface area contributed by atoms with Gasteiger partial charge in [0.2, 0.25) is 0 Å². The quantitative estimate of drug-likeness (QED) is 0.539. The Morgan fingerprint density at radius 3 is 2.40 bits per heavy atom. The van der Waals surface area contributed by atoms with E-state index in [0.29, 0.717) is 0 Å². The first-order chi connectivity index (χ1) is 4.63. The number of aryl methyl sites for hydroxylation is 2. The molecule has 1 aromatic rings. The summed E-state index contributed by atoms with van der Waals surface area (Å²) in [4.78, 5) is 0. The molecule has 0 aliphatic heterocycles. The number of nitrogen functional groups attached to an aromatic ring is 1. The summed E-state index contributed by atoms with van der Waals surface area (Å²) in [6, 6.07) is 5.06. The number of benzene rings is 1. The first-order valence-electron chi connectivity index (χ1n) is 3.37. The number of hydrogen-bond acceptors (Lipinski definition) is 1. The highest BCUT2D eigenvalue weighted by Crippen LogP contribution is 2.18. The molecule has 1 nitrogen and oxygen atoms in total. The van der Waals surface area contributed by atoms with Crippen LogP contribution in [-0.4, -0.2) is 0 Å². The van der Waals surface area contributed by atoms with E-state index in [4.69, 9.17) is 5.73 Å². The molecule has 0 saturated carbocycles. The van der Waals surface area contributed by atoms with E-state index >= 15 is 0 Å². The van der Waals surface area contributed by atoms with Crippen molar-refractivity contribution in [3.05, 3.63) is 28.8 Å². The van der Waals surface area contributed by atoms with Gasteiger partial charge >= 0.3 is 0 Å². The van der Waals surface area contributed by atoms with Crippen molar-refractivity contribution in [1.29, 1.82) is 0 Å². The van der Waals surface area contributed by atoms with Gasteiger partial charge < -0.3 is 5.73 Å². The molecular formula is C9H12N. The van der Waals surface area contributed by atoms with Crippen LogP contribution in [0.5, 0.6) is 0 Å². The maximum Gasteiger partial charge on any atom is 0.0376 e. The Labute approximate surface area is 61.9 Å². The fourth-order valence-corrected chi connectivity index (χ4v) is 0.900. The molecule has 0 atom stereocenters. The number of anilines is 1. The summed E-state index contributed by atoms with van der Waals surface area (Å²) in [5.41, 5.74) is 10.1. The van der Waals surface area contributed by atoms with Gasteiger partial charge in [0.15, 0.2) is 0 Å². The van der Waals surface area contributed by atoms with Crippen LogP contribution in [0.3, 0.4) is 0 Å². The van der Waals surface area contributed by atoms with Gasteiger partial charge in [0.05, 0.1) is 0 Å². The summed E-state index contributed by atoms with van der Waals surface area (Å²) < 4.78 is 0. The molecule has 0 bridgehead atoms. The van der Waals surface area contributed by atoms with Crippen molar-refractivity contribution < 1.29 is 0 Å². The Kier molecular flexibility index (Phi) is 1.66. The predicted octanol–water partition coefficient (Wildman–Crippen LogP) is 1.99. The third-order valence-corrected chi connectivity index (χ3v) is 1.90. The van der Waals surface area contributed by atoms with Gasteiger partial charge in [0.1, 0.15) is 0 Å². The third kappa shape index (κ3) is 0.991. The molecule has 0 aromatic heterocycles. The zero-order valence-electron chi connectivity index (χ0n) is 6.65. The fraction of sp³-hybridized carbons (Fsp3) is 0.333. The summed E-state index contributed by atoms with van der Waals surface area (Å²) >= 11 is 0. The van der Waals surface area contributed by atoms with Crippen LogP contribution in [0.15, 0.2) is 6.07 Å². The highest BCUT2D eigenvalue weighted by Gasteiger charge is 1.98. The van der Waals surface area contributed by atoms with E-state index in [9.17, 15) is 0 Å². The van der Waals surface area contributed by atoms with E-state index < -0.39 is 0 Å². The SMILES string of the molecule is Cc1[c]cc(C)c(N)c1C. The Morgan fingerprint density at radius 1 is 1.30 bits per heavy atom. The highest BCUT2D eigenvalue weighted by molar-refractivity contribution is 5.55. The minimum absolute atomic E-state index is 0.899. The van der Waals surface area contributed by atoms with E-state index in [1.54, 1.807) is 0 Å². The standard InChI is InChI=1S/C9H12N/c1-6-4-5-7(2)9(10)8(6)3/h5H,10H2,1-3H3. The lowest BCUT2D eigenvalue weighted by Crippen LogP contribution is -1.95. The van der Waals surface area contributed by atoms with Crippen LogP contribution in [0, 0.1) is 26.8 Å². The second-order valence-corrected chi connectivity index (χ2v) is 2.64. The van der Waals surface area contributed by atoms with Crippen molar-refractivity contribution in [1.82, 2.24) is 0 Å². The van der Waals surface area contributed by atoms with Gasteiger partial charge in [-0.05, 0) is 49.6 Å². The predicted molar refractivity (Wildman–Crippen MR) is 43.9 cm³/mol. The van der Waals surface area contributed by atoms with Crippen molar-refractivity contribution in [2.24, 2.45) is 0 Å². The van der Waals surface area contributed by atoms with E-state index in [1.165, 1.54) is 0 Å². The van der Waals surface area contributed by atoms with Gasteiger partial charge in [-0.2, -0.15) is 0 Å². The molecule has 0 fully saturated rings. The van der Waals surface area contributed by atoms with Crippen LogP contribution < -0.4 is 5.73 Å². The van der Waals surface area contributed by atoms with Crippen LogP contribution in [0.1, 0.15) is 16.7 Å². The zero-order chi connectivity index (χ0) is 7.72. The van der Waals surface area contributed by atoms with E-state index in [1.807, 2.05) is 26.8 Å². The van der Waals surface area contributed by atoms with Gasteiger partial charge in [-0.15, -0.1) is 0 Å². The van der Waals surface area contributed by atoms with Gasteiger partial charge in [-0.3, -0.25) is 0 Å². The molecule has 10 heavy (non-hydrogen) atoms. The van der Waals surface area contributed by atoms with Gasteiger partial charge in [-0.1, -0.05) is 0 Å². The lowest BCUT2D eigenvalue weighted by Gasteiger charge is -2.05. The van der Waals surface area contributed by atoms with Crippen molar-refractivity contribution in [3.63, 3.8) is 0 Å². The number of nitrogens with two attached hydrogens (primary N) is 1. The molecule has 0 heterocycles.